The molecule has 4 nitrogen and oxygen atoms in total. The summed E-state index contributed by atoms with van der Waals surface area (Å²) in [7, 11) is 0. The van der Waals surface area contributed by atoms with E-state index in [9.17, 15) is 4.79 Å². The zero-order valence-corrected chi connectivity index (χ0v) is 11.6. The number of carbonyl (C=O) groups is 1. The van der Waals surface area contributed by atoms with Gasteiger partial charge in [0.1, 0.15) is 0 Å². The Morgan fingerprint density at radius 2 is 1.72 bits per heavy atom. The maximum Gasteiger partial charge on any atom is 0.304 e. The van der Waals surface area contributed by atoms with Gasteiger partial charge in [0.05, 0.1) is 0 Å². The molecule has 1 heterocycles. The Morgan fingerprint density at radius 3 is 2.06 bits per heavy atom. The van der Waals surface area contributed by atoms with Crippen molar-refractivity contribution >= 4 is 5.97 Å². The van der Waals surface area contributed by atoms with Crippen LogP contribution in [0.2, 0.25) is 0 Å². The number of esters is 1. The topological polar surface area (TPSA) is 32.8 Å². The van der Waals surface area contributed by atoms with Crippen LogP contribution in [0.1, 0.15) is 47.0 Å². The van der Waals surface area contributed by atoms with Crippen LogP contribution in [0, 0.1) is 0 Å². The Hall–Kier alpha value is -1.45. The summed E-state index contributed by atoms with van der Waals surface area (Å²) in [5.74, 6) is -0.213. The molecule has 2 aliphatic rings. The van der Waals surface area contributed by atoms with Crippen LogP contribution in [-0.4, -0.2) is 27.0 Å². The van der Waals surface area contributed by atoms with Crippen LogP contribution in [-0.2, 0) is 9.53 Å². The summed E-state index contributed by atoms with van der Waals surface area (Å²) in [5, 5.41) is 0. The average Bonchev–Trinajstić information content (AvgIpc) is 2.22. The summed E-state index contributed by atoms with van der Waals surface area (Å²) < 4.78 is 5.50. The van der Waals surface area contributed by atoms with Crippen LogP contribution >= 0.6 is 0 Å². The van der Waals surface area contributed by atoms with Crippen molar-refractivity contribution in [1.82, 2.24) is 9.80 Å². The molecule has 0 bridgehead atoms. The smallest absolute Gasteiger partial charge is 0.304 e. The molecular weight excluding hydrogens is 228 g/mol. The number of ether oxygens (including phenoxy) is 1. The maximum atomic E-state index is 11.2. The van der Waals surface area contributed by atoms with Gasteiger partial charge in [-0.25, -0.2) is 0 Å². The Bertz CT molecular complexity index is 375. The van der Waals surface area contributed by atoms with Crippen LogP contribution in [0.3, 0.4) is 0 Å². The minimum Gasteiger partial charge on any atom is -0.439 e. The number of hydrogen-bond acceptors (Lipinski definition) is 4. The van der Waals surface area contributed by atoms with Gasteiger partial charge in [0.25, 0.3) is 0 Å². The first kappa shape index (κ1) is 13.0. The van der Waals surface area contributed by atoms with Crippen molar-refractivity contribution in [2.45, 2.75) is 58.2 Å². The SMILES string of the molecule is CC(=O)OC1(N2C=CN(C(C)(C)C)C=C2)CCC1. The lowest BCUT2D eigenvalue weighted by molar-refractivity contribution is -0.190. The molecule has 1 saturated carbocycles. The highest BCUT2D eigenvalue weighted by atomic mass is 16.6. The van der Waals surface area contributed by atoms with Crippen LogP contribution in [0.5, 0.6) is 0 Å². The van der Waals surface area contributed by atoms with E-state index in [1.54, 1.807) is 0 Å². The third-order valence-electron chi connectivity index (χ3n) is 3.49. The molecule has 0 spiro atoms. The molecule has 100 valence electrons. The molecule has 0 N–H and O–H groups in total. The summed E-state index contributed by atoms with van der Waals surface area (Å²) in [6.07, 6.45) is 11.0. The molecule has 1 aliphatic carbocycles. The number of carbonyl (C=O) groups excluding carboxylic acids is 1. The highest BCUT2D eigenvalue weighted by Crippen LogP contribution is 2.40. The number of rotatable bonds is 2. The Kier molecular flexibility index (Phi) is 3.13. The van der Waals surface area contributed by atoms with Gasteiger partial charge in [-0.1, -0.05) is 0 Å². The van der Waals surface area contributed by atoms with E-state index in [1.165, 1.54) is 6.92 Å². The highest BCUT2D eigenvalue weighted by molar-refractivity contribution is 5.66. The Balaban J connectivity index is 2.08. The normalized spacial score (nSPS) is 21.8. The zero-order valence-electron chi connectivity index (χ0n) is 11.6. The summed E-state index contributed by atoms with van der Waals surface area (Å²) in [4.78, 5) is 15.4. The van der Waals surface area contributed by atoms with E-state index in [1.807, 2.05) is 29.7 Å². The molecule has 0 saturated heterocycles. The molecule has 18 heavy (non-hydrogen) atoms. The fourth-order valence-electron chi connectivity index (χ4n) is 2.27. The molecule has 0 atom stereocenters. The second-order valence-electron chi connectivity index (χ2n) is 5.98. The largest absolute Gasteiger partial charge is 0.439 e. The van der Waals surface area contributed by atoms with Crippen molar-refractivity contribution in [3.8, 4) is 0 Å². The lowest BCUT2D eigenvalue weighted by atomic mass is 9.86. The van der Waals surface area contributed by atoms with Gasteiger partial charge in [0.2, 0.25) is 0 Å². The fraction of sp³-hybridized carbons (Fsp3) is 0.643. The molecule has 0 aromatic carbocycles. The molecule has 2 rings (SSSR count). The van der Waals surface area contributed by atoms with Gasteiger partial charge >= 0.3 is 5.97 Å². The van der Waals surface area contributed by atoms with Crippen LogP contribution in [0.25, 0.3) is 0 Å². The predicted molar refractivity (Wildman–Crippen MR) is 70.1 cm³/mol. The third-order valence-corrected chi connectivity index (χ3v) is 3.49. The first-order chi connectivity index (χ1) is 8.33. The predicted octanol–water partition coefficient (Wildman–Crippen LogP) is 2.79. The molecule has 0 radical (unpaired) electrons. The molecule has 1 fully saturated rings. The quantitative estimate of drug-likeness (QED) is 0.706. The van der Waals surface area contributed by atoms with Crippen LogP contribution in [0.15, 0.2) is 24.8 Å². The Labute approximate surface area is 109 Å². The lowest BCUT2D eigenvalue weighted by Crippen LogP contribution is -2.53. The number of hydrogen-bond donors (Lipinski definition) is 0. The molecule has 0 amide bonds. The fourth-order valence-corrected chi connectivity index (χ4v) is 2.27. The van der Waals surface area contributed by atoms with Gasteiger partial charge in [-0.15, -0.1) is 0 Å². The van der Waals surface area contributed by atoms with Crippen LogP contribution < -0.4 is 0 Å². The molecule has 0 aromatic rings. The summed E-state index contributed by atoms with van der Waals surface area (Å²) in [6, 6.07) is 0. The molecular formula is C14H22N2O2. The first-order valence-electron chi connectivity index (χ1n) is 6.47. The lowest BCUT2D eigenvalue weighted by Gasteiger charge is -2.48. The summed E-state index contributed by atoms with van der Waals surface area (Å²) >= 11 is 0. The highest BCUT2D eigenvalue weighted by Gasteiger charge is 2.44. The summed E-state index contributed by atoms with van der Waals surface area (Å²) in [5.41, 5.74) is -0.379. The van der Waals surface area contributed by atoms with E-state index in [0.717, 1.165) is 19.3 Å². The second kappa shape index (κ2) is 4.34. The van der Waals surface area contributed by atoms with Crippen molar-refractivity contribution in [2.24, 2.45) is 0 Å². The Morgan fingerprint density at radius 1 is 1.17 bits per heavy atom. The van der Waals surface area contributed by atoms with E-state index >= 15 is 0 Å². The van der Waals surface area contributed by atoms with Crippen molar-refractivity contribution in [2.75, 3.05) is 0 Å². The third kappa shape index (κ3) is 2.37. The summed E-state index contributed by atoms with van der Waals surface area (Å²) in [6.45, 7) is 7.94. The zero-order chi connectivity index (χ0) is 13.4. The van der Waals surface area contributed by atoms with Crippen molar-refractivity contribution in [3.05, 3.63) is 24.8 Å². The van der Waals surface area contributed by atoms with Crippen molar-refractivity contribution < 1.29 is 9.53 Å². The molecule has 4 heteroatoms. The molecule has 1 aliphatic heterocycles. The van der Waals surface area contributed by atoms with Gasteiger partial charge < -0.3 is 14.5 Å². The van der Waals surface area contributed by atoms with E-state index in [0.29, 0.717) is 0 Å². The van der Waals surface area contributed by atoms with Crippen molar-refractivity contribution in [3.63, 3.8) is 0 Å². The second-order valence-corrected chi connectivity index (χ2v) is 5.98. The van der Waals surface area contributed by atoms with Gasteiger partial charge in [-0.3, -0.25) is 4.79 Å². The standard InChI is InChI=1S/C14H22N2O2/c1-12(17)18-14(6-5-7-14)16-10-8-15(9-11-16)13(2,3)4/h8-11H,5-7H2,1-4H3. The van der Waals surface area contributed by atoms with Crippen molar-refractivity contribution in [1.29, 1.82) is 0 Å². The monoisotopic (exact) mass is 250 g/mol. The first-order valence-corrected chi connectivity index (χ1v) is 6.47. The van der Waals surface area contributed by atoms with Gasteiger partial charge in [0.15, 0.2) is 5.72 Å². The minimum absolute atomic E-state index is 0.0628. The average molecular weight is 250 g/mol. The minimum atomic E-state index is -0.442. The maximum absolute atomic E-state index is 11.2. The van der Waals surface area contributed by atoms with E-state index in [4.69, 9.17) is 4.74 Å². The number of nitrogens with zero attached hydrogens (tertiary/aromatic N) is 2. The van der Waals surface area contributed by atoms with Gasteiger partial charge in [0, 0.05) is 50.1 Å². The molecule has 0 aromatic heterocycles. The van der Waals surface area contributed by atoms with Gasteiger partial charge in [-0.05, 0) is 27.2 Å². The van der Waals surface area contributed by atoms with E-state index in [2.05, 4.69) is 25.7 Å². The molecule has 0 unspecified atom stereocenters. The van der Waals surface area contributed by atoms with Gasteiger partial charge in [-0.2, -0.15) is 0 Å². The van der Waals surface area contributed by atoms with E-state index < -0.39 is 5.72 Å². The van der Waals surface area contributed by atoms with Crippen LogP contribution in [0.4, 0.5) is 0 Å². The van der Waals surface area contributed by atoms with E-state index in [-0.39, 0.29) is 11.5 Å².